The van der Waals surface area contributed by atoms with Gasteiger partial charge >= 0.3 is 54.4 Å². The summed E-state index contributed by atoms with van der Waals surface area (Å²) in [5.41, 5.74) is 7.90. The van der Waals surface area contributed by atoms with Crippen LogP contribution in [0.2, 0.25) is 0 Å². The summed E-state index contributed by atoms with van der Waals surface area (Å²) >= 11 is 0. The predicted molar refractivity (Wildman–Crippen MR) is 358 cm³/mol. The second-order valence-corrected chi connectivity index (χ2v) is 23.9. The monoisotopic (exact) mass is 1240 g/mol. The fourth-order valence-corrected chi connectivity index (χ4v) is 10.9. The Kier molecular flexibility index (Phi) is 33.6. The number of carbonyl (C=O) groups is 6. The SMILES string of the molecule is C1CCOC1.CC1CCC(c2ccccc2)NC1C.CCOC(=O)C(=O)Nc1cncc(C)c1.Cc1cncc(NC(=O)C(=O)N2[C@H](C)[C@H](C)CC[C@H]2c2ccccc2)c1.Cc1cncc(NC(=O)C(=O)N2[C@H](c3ccccc3)CC[C@@H](C)[C@@H]2C)c1.[CH2-]CCC.[Li+]. The molecule has 4 aliphatic heterocycles. The second kappa shape index (κ2) is 40.3. The third kappa shape index (κ3) is 24.9. The van der Waals surface area contributed by atoms with Crippen LogP contribution < -0.4 is 40.1 Å². The smallest absolute Gasteiger partial charge is 0.459 e. The third-order valence-corrected chi connectivity index (χ3v) is 16.7. The Labute approximate surface area is 553 Å². The molecule has 10 rings (SSSR count). The zero-order chi connectivity index (χ0) is 65.5. The largest absolute Gasteiger partial charge is 1.00 e. The van der Waals surface area contributed by atoms with Crippen LogP contribution in [-0.2, 0) is 38.2 Å². The number of anilines is 3. The predicted octanol–water partition coefficient (Wildman–Crippen LogP) is 10.9. The number of aryl methyl sites for hydroxylation is 3. The molecule has 91 heavy (non-hydrogen) atoms. The fourth-order valence-electron chi connectivity index (χ4n) is 10.9. The van der Waals surface area contributed by atoms with Gasteiger partial charge in [0.2, 0.25) is 0 Å². The van der Waals surface area contributed by atoms with Gasteiger partial charge in [-0.3, -0.25) is 38.9 Å². The van der Waals surface area contributed by atoms with E-state index in [4.69, 9.17) is 4.74 Å². The topological polar surface area (TPSA) is 214 Å². The quantitative estimate of drug-likeness (QED) is 0.0485. The molecule has 4 aliphatic rings. The average molecular weight is 1240 g/mol. The van der Waals surface area contributed by atoms with Gasteiger partial charge in [0.25, 0.3) is 0 Å². The van der Waals surface area contributed by atoms with Crippen molar-refractivity contribution in [1.29, 1.82) is 0 Å². The Bertz CT molecular complexity index is 3010. The molecular formula is C73H98LiN9O8. The summed E-state index contributed by atoms with van der Waals surface area (Å²) < 4.78 is 9.48. The van der Waals surface area contributed by atoms with E-state index in [0.717, 1.165) is 79.1 Å². The van der Waals surface area contributed by atoms with Crippen molar-refractivity contribution in [2.45, 2.75) is 177 Å². The number of nitrogens with one attached hydrogen (secondary N) is 4. The number of unbranched alkanes of at least 4 members (excludes halogenated alkanes) is 1. The number of hydrogen-bond donors (Lipinski definition) is 4. The Morgan fingerprint density at radius 1 is 0.527 bits per heavy atom. The first-order valence-electron chi connectivity index (χ1n) is 32.0. The standard InChI is InChI=1S/2C21H25N3O2.C13H19N.C10H12N2O3.C4H8O.C4H9.Li/c2*1-14-11-18(13-22-12-14)23-20(25)21(26)24-16(3)15(2)9-10-19(24)17-7-5-4-6-8-17;1-10-8-9-13(14-11(10)2)12-6-4-3-5-7-12;1-3-15-10(14)9(13)12-8-4-7(2)5-11-6-8;1-2-4-5-3-1;1-3-4-2;/h2*4-8,11-13,15-16,19H,9-10H2,1-3H3,(H,23,25);3-7,10-11,13-14H,8-9H2,1-2H3;4-6H,3H2,1-2H3,(H,12,13);1-4H2;1,3-4H2,2H3;/q;;;;;-1;+1/t15-,16+,19+;15-,16-,19+;;;;;/m11...../s1. The Hall–Kier alpha value is -7.55. The summed E-state index contributed by atoms with van der Waals surface area (Å²) in [6.07, 6.45) is 20.9. The van der Waals surface area contributed by atoms with E-state index in [1.165, 1.54) is 43.9 Å². The van der Waals surface area contributed by atoms with E-state index in [0.29, 0.717) is 41.0 Å². The maximum Gasteiger partial charge on any atom is 1.00 e. The van der Waals surface area contributed by atoms with Crippen LogP contribution in [0.5, 0.6) is 0 Å². The number of pyridine rings is 3. The molecule has 7 heterocycles. The first-order chi connectivity index (χ1) is 43.3. The van der Waals surface area contributed by atoms with E-state index in [9.17, 15) is 28.8 Å². The van der Waals surface area contributed by atoms with Gasteiger partial charge in [0.15, 0.2) is 0 Å². The summed E-state index contributed by atoms with van der Waals surface area (Å²) in [7, 11) is 0. The van der Waals surface area contributed by atoms with Gasteiger partial charge < -0.3 is 47.5 Å². The molecule has 6 aromatic rings. The number of aromatic nitrogens is 3. The number of esters is 1. The number of ether oxygens (including phenoxy) is 2. The minimum atomic E-state index is -0.890. The first-order valence-corrected chi connectivity index (χ1v) is 32.0. The summed E-state index contributed by atoms with van der Waals surface area (Å²) in [4.78, 5) is 89.0. The molecule has 0 aliphatic carbocycles. The Balaban J connectivity index is 0.000000253. The molecule has 4 N–H and O–H groups in total. The zero-order valence-electron chi connectivity index (χ0n) is 56.0. The van der Waals surface area contributed by atoms with Gasteiger partial charge in [-0.25, -0.2) is 4.79 Å². The van der Waals surface area contributed by atoms with Gasteiger partial charge in [0.1, 0.15) is 0 Å². The summed E-state index contributed by atoms with van der Waals surface area (Å²) in [6, 6.07) is 37.1. The molecule has 0 saturated carbocycles. The van der Waals surface area contributed by atoms with E-state index in [1.807, 2.05) is 95.3 Å². The summed E-state index contributed by atoms with van der Waals surface area (Å²) in [5, 5.41) is 11.5. The zero-order valence-corrected chi connectivity index (χ0v) is 56.0. The number of amides is 5. The molecule has 5 amide bonds. The number of benzene rings is 3. The van der Waals surface area contributed by atoms with Crippen LogP contribution in [0, 0.1) is 45.4 Å². The van der Waals surface area contributed by atoms with E-state index in [1.54, 1.807) is 65.9 Å². The number of nitrogens with zero attached hydrogens (tertiary/aromatic N) is 5. The van der Waals surface area contributed by atoms with Crippen LogP contribution in [0.25, 0.3) is 0 Å². The summed E-state index contributed by atoms with van der Waals surface area (Å²) in [5.74, 6) is -2.35. The van der Waals surface area contributed by atoms with Crippen molar-refractivity contribution in [1.82, 2.24) is 30.1 Å². The third-order valence-electron chi connectivity index (χ3n) is 16.7. The fraction of sp³-hybridized carbons (Fsp3) is 0.452. The minimum absolute atomic E-state index is 0. The van der Waals surface area contributed by atoms with Crippen LogP contribution >= 0.6 is 0 Å². The molecule has 3 aromatic heterocycles. The van der Waals surface area contributed by atoms with Crippen LogP contribution in [0.3, 0.4) is 0 Å². The van der Waals surface area contributed by atoms with Crippen molar-refractivity contribution in [3.63, 3.8) is 0 Å². The molecule has 17 nitrogen and oxygen atoms in total. The van der Waals surface area contributed by atoms with Gasteiger partial charge in [-0.15, -0.1) is 0 Å². The van der Waals surface area contributed by atoms with Crippen molar-refractivity contribution in [2.75, 3.05) is 35.8 Å². The van der Waals surface area contributed by atoms with E-state index in [-0.39, 0.29) is 49.6 Å². The maximum absolute atomic E-state index is 13.0. The average Bonchev–Trinajstić information content (AvgIpc) is 1.71. The van der Waals surface area contributed by atoms with Gasteiger partial charge in [-0.1, -0.05) is 125 Å². The molecule has 4 fully saturated rings. The van der Waals surface area contributed by atoms with Gasteiger partial charge in [0.05, 0.1) is 54.3 Å². The number of carbonyl (C=O) groups excluding carboxylic acids is 6. The Morgan fingerprint density at radius 3 is 1.22 bits per heavy atom. The molecule has 18 heteroatoms. The van der Waals surface area contributed by atoms with Crippen molar-refractivity contribution in [3.8, 4) is 0 Å². The molecule has 0 bridgehead atoms. The molecule has 9 atom stereocenters. The van der Waals surface area contributed by atoms with E-state index >= 15 is 0 Å². The van der Waals surface area contributed by atoms with Gasteiger partial charge in [-0.05, 0) is 169 Å². The van der Waals surface area contributed by atoms with E-state index in [2.05, 4.69) is 113 Å². The van der Waals surface area contributed by atoms with Crippen LogP contribution in [0.15, 0.2) is 146 Å². The summed E-state index contributed by atoms with van der Waals surface area (Å²) in [6.45, 7) is 28.1. The van der Waals surface area contributed by atoms with Gasteiger partial charge in [0, 0.05) is 56.0 Å². The minimum Gasteiger partial charge on any atom is -0.459 e. The molecule has 0 spiro atoms. The number of rotatable bonds is 8. The van der Waals surface area contributed by atoms with Gasteiger partial charge in [-0.2, -0.15) is 6.42 Å². The van der Waals surface area contributed by atoms with Crippen LogP contribution in [0.4, 0.5) is 17.1 Å². The molecule has 484 valence electrons. The number of hydrogen-bond acceptors (Lipinski definition) is 12. The normalized spacial score (nSPS) is 21.3. The van der Waals surface area contributed by atoms with Crippen LogP contribution in [0.1, 0.15) is 171 Å². The van der Waals surface area contributed by atoms with Crippen LogP contribution in [-0.4, -0.2) is 98.2 Å². The van der Waals surface area contributed by atoms with E-state index < -0.39 is 35.5 Å². The van der Waals surface area contributed by atoms with Crippen molar-refractivity contribution < 1.29 is 57.1 Å². The maximum atomic E-state index is 13.0. The second-order valence-electron chi connectivity index (χ2n) is 23.9. The molecule has 4 saturated heterocycles. The molecular weight excluding hydrogens is 1140 g/mol. The molecule has 0 radical (unpaired) electrons. The first kappa shape index (κ1) is 75.9. The molecule has 3 aromatic carbocycles. The number of piperidine rings is 3. The van der Waals surface area contributed by atoms with Crippen molar-refractivity contribution >= 4 is 52.6 Å². The number of likely N-dealkylation sites (tertiary alicyclic amines) is 2. The Morgan fingerprint density at radius 2 is 0.890 bits per heavy atom. The molecule has 3 unspecified atom stereocenters. The van der Waals surface area contributed by atoms with Crippen molar-refractivity contribution in [3.05, 3.63) is 187 Å². The van der Waals surface area contributed by atoms with Crippen molar-refractivity contribution in [2.24, 2.45) is 17.8 Å².